The van der Waals surface area contributed by atoms with Crippen molar-refractivity contribution in [1.29, 1.82) is 0 Å². The van der Waals surface area contributed by atoms with Gasteiger partial charge in [0, 0.05) is 11.5 Å². The van der Waals surface area contributed by atoms with Gasteiger partial charge in [0.25, 0.3) is 16.0 Å². The average molecular weight is 574 g/mol. The molecule has 3 N–H and O–H groups in total. The molecule has 9 nitrogen and oxygen atoms in total. The van der Waals surface area contributed by atoms with Crippen LogP contribution in [0.3, 0.4) is 0 Å². The number of aromatic hydroxyl groups is 1. The number of anilines is 1. The lowest BCUT2D eigenvalue weighted by Crippen LogP contribution is -2.12. The summed E-state index contributed by atoms with van der Waals surface area (Å²) < 4.78 is 38.3. The number of rotatable bonds is 7. The number of phenolic OH excluding ortho intramolecular Hbond substituents is 1. The molecule has 0 aliphatic carbocycles. The second-order valence-electron chi connectivity index (χ2n) is 8.12. The first-order valence-electron chi connectivity index (χ1n) is 11.2. The smallest absolute Gasteiger partial charge is 0.296 e. The summed E-state index contributed by atoms with van der Waals surface area (Å²) in [5.41, 5.74) is 0.593. The maximum absolute atomic E-state index is 13.2. The summed E-state index contributed by atoms with van der Waals surface area (Å²) in [5.74, 6) is -0.555. The lowest BCUT2D eigenvalue weighted by molar-refractivity contribution is 0.102. The Balaban J connectivity index is 1.77. The molecule has 12 heteroatoms. The summed E-state index contributed by atoms with van der Waals surface area (Å²) in [5, 5.41) is 23.1. The molecule has 0 aromatic heterocycles. The van der Waals surface area contributed by atoms with Crippen LogP contribution in [0.25, 0.3) is 10.8 Å². The van der Waals surface area contributed by atoms with E-state index < -0.39 is 26.7 Å². The highest BCUT2D eigenvalue weighted by Gasteiger charge is 2.21. The lowest BCUT2D eigenvalue weighted by atomic mass is 10.0. The van der Waals surface area contributed by atoms with Gasteiger partial charge in [-0.25, -0.2) is 0 Å². The Morgan fingerprint density at radius 2 is 1.79 bits per heavy atom. The third-order valence-corrected chi connectivity index (χ3v) is 7.29. The Labute approximate surface area is 228 Å². The summed E-state index contributed by atoms with van der Waals surface area (Å²) in [4.78, 5) is 12.6. The normalized spacial score (nSPS) is 11.7. The van der Waals surface area contributed by atoms with Gasteiger partial charge in [-0.2, -0.15) is 13.5 Å². The summed E-state index contributed by atoms with van der Waals surface area (Å²) in [7, 11) is -4.62. The Kier molecular flexibility index (Phi) is 7.89. The van der Waals surface area contributed by atoms with Crippen LogP contribution in [0.1, 0.15) is 22.8 Å². The SMILES string of the molecule is CCOc1ccc(NC(=O)c2cc3ccccc3c(N=Nc3cc(C)c(Cl)c(S(=O)(=O)O)c3)c2O)c(Cl)c1. The number of aryl methyl sites for hydroxylation is 1. The largest absolute Gasteiger partial charge is 0.505 e. The predicted molar refractivity (Wildman–Crippen MR) is 146 cm³/mol. The van der Waals surface area contributed by atoms with Crippen molar-refractivity contribution in [3.8, 4) is 11.5 Å². The second-order valence-corrected chi connectivity index (χ2v) is 10.3. The van der Waals surface area contributed by atoms with Crippen LogP contribution in [0.2, 0.25) is 10.0 Å². The van der Waals surface area contributed by atoms with Gasteiger partial charge in [-0.05, 0) is 55.1 Å². The van der Waals surface area contributed by atoms with Gasteiger partial charge in [-0.3, -0.25) is 9.35 Å². The van der Waals surface area contributed by atoms with Gasteiger partial charge in [0.05, 0.1) is 33.6 Å². The third-order valence-electron chi connectivity index (χ3n) is 5.49. The van der Waals surface area contributed by atoms with Crippen molar-refractivity contribution in [2.45, 2.75) is 18.7 Å². The number of halogens is 2. The topological polar surface area (TPSA) is 138 Å². The van der Waals surface area contributed by atoms with Crippen LogP contribution in [0.15, 0.2) is 75.8 Å². The van der Waals surface area contributed by atoms with Gasteiger partial charge in [0.2, 0.25) is 0 Å². The van der Waals surface area contributed by atoms with Crippen molar-refractivity contribution in [3.05, 3.63) is 81.8 Å². The van der Waals surface area contributed by atoms with Crippen LogP contribution < -0.4 is 10.1 Å². The molecule has 38 heavy (non-hydrogen) atoms. The van der Waals surface area contributed by atoms with Gasteiger partial charge in [0.1, 0.15) is 16.3 Å². The highest BCUT2D eigenvalue weighted by Crippen LogP contribution is 2.40. The fourth-order valence-electron chi connectivity index (χ4n) is 3.71. The predicted octanol–water partition coefficient (Wildman–Crippen LogP) is 7.47. The fraction of sp³-hybridized carbons (Fsp3) is 0.115. The number of carbonyl (C=O) groups is 1. The van der Waals surface area contributed by atoms with E-state index in [-0.39, 0.29) is 27.0 Å². The number of carbonyl (C=O) groups excluding carboxylic acids is 1. The van der Waals surface area contributed by atoms with Crippen molar-refractivity contribution in [3.63, 3.8) is 0 Å². The molecule has 4 aromatic rings. The summed E-state index contributed by atoms with van der Waals surface area (Å²) in [6.07, 6.45) is 0. The van der Waals surface area contributed by atoms with Gasteiger partial charge in [0.15, 0.2) is 5.75 Å². The number of ether oxygens (including phenoxy) is 1. The van der Waals surface area contributed by atoms with Crippen LogP contribution >= 0.6 is 23.2 Å². The summed E-state index contributed by atoms with van der Waals surface area (Å²) in [6, 6.07) is 15.7. The Morgan fingerprint density at radius 1 is 1.05 bits per heavy atom. The monoisotopic (exact) mass is 573 g/mol. The third kappa shape index (κ3) is 5.73. The molecule has 0 heterocycles. The van der Waals surface area contributed by atoms with E-state index in [9.17, 15) is 22.9 Å². The maximum Gasteiger partial charge on any atom is 0.296 e. The van der Waals surface area contributed by atoms with Crippen molar-refractivity contribution in [1.82, 2.24) is 0 Å². The molecule has 0 atom stereocenters. The molecule has 0 bridgehead atoms. The van der Waals surface area contributed by atoms with Gasteiger partial charge in [-0.15, -0.1) is 5.11 Å². The highest BCUT2D eigenvalue weighted by atomic mass is 35.5. The van der Waals surface area contributed by atoms with Crippen LogP contribution in [0, 0.1) is 6.92 Å². The lowest BCUT2D eigenvalue weighted by Gasteiger charge is -2.13. The molecule has 196 valence electrons. The number of nitrogens with zero attached hydrogens (tertiary/aromatic N) is 2. The molecule has 4 rings (SSSR count). The molecule has 0 saturated carbocycles. The first kappa shape index (κ1) is 27.3. The minimum Gasteiger partial charge on any atom is -0.505 e. The number of hydrogen-bond donors (Lipinski definition) is 3. The van der Waals surface area contributed by atoms with Crippen LogP contribution in [0.5, 0.6) is 11.5 Å². The van der Waals surface area contributed by atoms with Crippen LogP contribution in [0.4, 0.5) is 17.1 Å². The van der Waals surface area contributed by atoms with Crippen LogP contribution in [-0.2, 0) is 10.1 Å². The first-order valence-corrected chi connectivity index (χ1v) is 13.4. The van der Waals surface area contributed by atoms with Crippen LogP contribution in [-0.4, -0.2) is 30.6 Å². The molecule has 1 amide bonds. The van der Waals surface area contributed by atoms with Crippen molar-refractivity contribution in [2.75, 3.05) is 11.9 Å². The van der Waals surface area contributed by atoms with Gasteiger partial charge in [-0.1, -0.05) is 47.5 Å². The molecule has 0 aliphatic rings. The number of fused-ring (bicyclic) bond motifs is 1. The van der Waals surface area contributed by atoms with E-state index in [1.54, 1.807) is 49.4 Å². The minimum absolute atomic E-state index is 0.0213. The summed E-state index contributed by atoms with van der Waals surface area (Å²) in [6.45, 7) is 3.83. The molecular weight excluding hydrogens is 553 g/mol. The molecule has 0 saturated heterocycles. The highest BCUT2D eigenvalue weighted by molar-refractivity contribution is 7.86. The molecule has 4 aromatic carbocycles. The zero-order valence-electron chi connectivity index (χ0n) is 20.1. The van der Waals surface area contributed by atoms with Crippen molar-refractivity contribution >= 4 is 67.1 Å². The number of benzene rings is 4. The number of hydrogen-bond acceptors (Lipinski definition) is 7. The van der Waals surface area contributed by atoms with Crippen molar-refractivity contribution < 1.29 is 27.6 Å². The average Bonchev–Trinajstić information content (AvgIpc) is 2.86. The maximum atomic E-state index is 13.2. The Morgan fingerprint density at radius 3 is 2.47 bits per heavy atom. The van der Waals surface area contributed by atoms with E-state index >= 15 is 0 Å². The van der Waals surface area contributed by atoms with Gasteiger partial charge >= 0.3 is 0 Å². The number of phenols is 1. The Bertz CT molecular complexity index is 1710. The fourth-order valence-corrected chi connectivity index (χ4v) is 4.98. The Hall–Kier alpha value is -3.70. The standard InChI is InChI=1S/C26H21Cl2N3O6S/c1-3-37-17-8-9-21(20(27)13-17)29-26(33)19-11-15-6-4-5-7-18(15)24(25(19)32)31-30-16-10-14(2)23(28)22(12-16)38(34,35)36/h4-13,32H,3H2,1-2H3,(H,29,33)(H,34,35,36). The van der Waals surface area contributed by atoms with E-state index in [0.29, 0.717) is 34.4 Å². The second kappa shape index (κ2) is 11.0. The molecule has 0 spiro atoms. The molecule has 0 fully saturated rings. The summed E-state index contributed by atoms with van der Waals surface area (Å²) >= 11 is 12.3. The number of azo groups is 1. The van der Waals surface area contributed by atoms with E-state index in [0.717, 1.165) is 6.07 Å². The van der Waals surface area contributed by atoms with E-state index in [1.165, 1.54) is 12.1 Å². The molecule has 0 aliphatic heterocycles. The minimum atomic E-state index is -4.62. The quantitative estimate of drug-likeness (QED) is 0.155. The van der Waals surface area contributed by atoms with E-state index in [1.807, 2.05) is 6.92 Å². The molecular formula is C26H21Cl2N3O6S. The zero-order chi connectivity index (χ0) is 27.6. The van der Waals surface area contributed by atoms with Crippen molar-refractivity contribution in [2.24, 2.45) is 10.2 Å². The molecule has 0 radical (unpaired) electrons. The first-order chi connectivity index (χ1) is 18.0. The molecule has 0 unspecified atom stereocenters. The van der Waals surface area contributed by atoms with Gasteiger partial charge < -0.3 is 15.2 Å². The number of amides is 1. The van der Waals surface area contributed by atoms with E-state index in [4.69, 9.17) is 27.9 Å². The number of nitrogens with one attached hydrogen (secondary N) is 1. The van der Waals surface area contributed by atoms with E-state index in [2.05, 4.69) is 15.5 Å². The zero-order valence-corrected chi connectivity index (χ0v) is 22.4.